The zero-order chi connectivity index (χ0) is 15.6. The number of carbonyl (C=O) groups excluding carboxylic acids is 1. The lowest BCUT2D eigenvalue weighted by atomic mass is 10.2. The van der Waals surface area contributed by atoms with Crippen molar-refractivity contribution in [1.82, 2.24) is 9.62 Å². The Labute approximate surface area is 128 Å². The van der Waals surface area contributed by atoms with Gasteiger partial charge in [-0.15, -0.1) is 0 Å². The summed E-state index contributed by atoms with van der Waals surface area (Å²) in [4.78, 5) is 11.0. The van der Waals surface area contributed by atoms with Crippen molar-refractivity contribution in [3.63, 3.8) is 0 Å². The second-order valence-electron chi connectivity index (χ2n) is 4.81. The van der Waals surface area contributed by atoms with E-state index in [1.165, 1.54) is 29.4 Å². The molecular weight excluding hydrogens is 314 g/mol. The van der Waals surface area contributed by atoms with Crippen LogP contribution in [0, 0.1) is 11.3 Å². The number of halogens is 1. The third kappa shape index (κ3) is 3.35. The van der Waals surface area contributed by atoms with Crippen LogP contribution >= 0.6 is 11.6 Å². The molecule has 1 unspecified atom stereocenters. The first kappa shape index (κ1) is 15.8. The highest BCUT2D eigenvalue weighted by Crippen LogP contribution is 2.28. The van der Waals surface area contributed by atoms with Crippen molar-refractivity contribution in [2.75, 3.05) is 13.1 Å². The summed E-state index contributed by atoms with van der Waals surface area (Å²) >= 11 is 5.95. The van der Waals surface area contributed by atoms with Crippen molar-refractivity contribution in [1.29, 1.82) is 5.26 Å². The van der Waals surface area contributed by atoms with Gasteiger partial charge in [0.15, 0.2) is 0 Å². The molecular formula is C13H14ClN3O3S. The summed E-state index contributed by atoms with van der Waals surface area (Å²) in [5.74, 6) is -0.191. The highest BCUT2D eigenvalue weighted by molar-refractivity contribution is 7.89. The van der Waals surface area contributed by atoms with Crippen LogP contribution < -0.4 is 5.32 Å². The monoisotopic (exact) mass is 327 g/mol. The van der Waals surface area contributed by atoms with E-state index in [1.54, 1.807) is 0 Å². The molecule has 1 saturated heterocycles. The van der Waals surface area contributed by atoms with E-state index in [0.717, 1.165) is 0 Å². The average Bonchev–Trinajstić information content (AvgIpc) is 2.87. The Morgan fingerprint density at radius 1 is 1.52 bits per heavy atom. The number of sulfonamides is 1. The number of nitrogens with zero attached hydrogens (tertiary/aromatic N) is 2. The molecule has 6 nitrogen and oxygen atoms in total. The fraction of sp³-hybridized carbons (Fsp3) is 0.385. The van der Waals surface area contributed by atoms with Gasteiger partial charge >= 0.3 is 0 Å². The fourth-order valence-electron chi connectivity index (χ4n) is 2.26. The molecule has 0 spiro atoms. The van der Waals surface area contributed by atoms with E-state index < -0.39 is 10.0 Å². The SMILES string of the molecule is CC(=O)NC1CCN(S(=O)(=O)c2cc(C#N)ccc2Cl)C1. The predicted octanol–water partition coefficient (Wildman–Crippen LogP) is 1.11. The Morgan fingerprint density at radius 2 is 2.24 bits per heavy atom. The molecule has 8 heteroatoms. The minimum atomic E-state index is -3.77. The van der Waals surface area contributed by atoms with E-state index in [0.29, 0.717) is 13.0 Å². The lowest BCUT2D eigenvalue weighted by molar-refractivity contribution is -0.119. The molecule has 1 N–H and O–H groups in total. The predicted molar refractivity (Wildman–Crippen MR) is 77.1 cm³/mol. The molecule has 112 valence electrons. The maximum Gasteiger partial charge on any atom is 0.244 e. The average molecular weight is 328 g/mol. The first-order chi connectivity index (χ1) is 9.84. The minimum absolute atomic E-state index is 0.0771. The number of hydrogen-bond acceptors (Lipinski definition) is 4. The van der Waals surface area contributed by atoms with Gasteiger partial charge in [0.25, 0.3) is 0 Å². The van der Waals surface area contributed by atoms with Gasteiger partial charge in [-0.1, -0.05) is 11.6 Å². The molecule has 1 aliphatic heterocycles. The van der Waals surface area contributed by atoms with Crippen LogP contribution in [0.2, 0.25) is 5.02 Å². The number of benzene rings is 1. The molecule has 0 aromatic heterocycles. The van der Waals surface area contributed by atoms with Gasteiger partial charge < -0.3 is 5.32 Å². The van der Waals surface area contributed by atoms with E-state index in [4.69, 9.17) is 16.9 Å². The van der Waals surface area contributed by atoms with Crippen molar-refractivity contribution in [2.24, 2.45) is 0 Å². The molecule has 1 fully saturated rings. The molecule has 21 heavy (non-hydrogen) atoms. The Morgan fingerprint density at radius 3 is 2.86 bits per heavy atom. The molecule has 1 heterocycles. The van der Waals surface area contributed by atoms with Crippen LogP contribution in [0.4, 0.5) is 0 Å². The van der Waals surface area contributed by atoms with E-state index in [2.05, 4.69) is 5.32 Å². The summed E-state index contributed by atoms with van der Waals surface area (Å²) in [5.41, 5.74) is 0.232. The van der Waals surface area contributed by atoms with E-state index >= 15 is 0 Å². The van der Waals surface area contributed by atoms with E-state index in [9.17, 15) is 13.2 Å². The van der Waals surface area contributed by atoms with Gasteiger partial charge in [-0.2, -0.15) is 9.57 Å². The van der Waals surface area contributed by atoms with Crippen molar-refractivity contribution in [3.8, 4) is 6.07 Å². The van der Waals surface area contributed by atoms with Gasteiger partial charge in [-0.3, -0.25) is 4.79 Å². The van der Waals surface area contributed by atoms with Crippen molar-refractivity contribution in [3.05, 3.63) is 28.8 Å². The summed E-state index contributed by atoms with van der Waals surface area (Å²) in [7, 11) is -3.77. The van der Waals surface area contributed by atoms with Crippen LogP contribution in [-0.4, -0.2) is 37.8 Å². The van der Waals surface area contributed by atoms with Gasteiger partial charge in [0, 0.05) is 26.1 Å². The van der Waals surface area contributed by atoms with Crippen LogP contribution in [0.3, 0.4) is 0 Å². The molecule has 2 rings (SSSR count). The van der Waals surface area contributed by atoms with E-state index in [1.807, 2.05) is 6.07 Å². The van der Waals surface area contributed by atoms with Gasteiger partial charge in [0.1, 0.15) is 4.90 Å². The molecule has 1 aliphatic rings. The normalized spacial score (nSPS) is 19.2. The summed E-state index contributed by atoms with van der Waals surface area (Å²) < 4.78 is 26.4. The molecule has 1 amide bonds. The molecule has 0 aliphatic carbocycles. The van der Waals surface area contributed by atoms with Crippen LogP contribution in [-0.2, 0) is 14.8 Å². The lowest BCUT2D eigenvalue weighted by Crippen LogP contribution is -2.37. The second kappa shape index (κ2) is 6.02. The summed E-state index contributed by atoms with van der Waals surface area (Å²) in [6.07, 6.45) is 0.550. The van der Waals surface area contributed by atoms with Crippen LogP contribution in [0.25, 0.3) is 0 Å². The van der Waals surface area contributed by atoms with Crippen LogP contribution in [0.15, 0.2) is 23.1 Å². The Hall–Kier alpha value is -1.62. The van der Waals surface area contributed by atoms with Gasteiger partial charge in [0.2, 0.25) is 15.9 Å². The van der Waals surface area contributed by atoms with E-state index in [-0.39, 0.29) is 34.0 Å². The van der Waals surface area contributed by atoms with Gasteiger partial charge in [-0.05, 0) is 24.6 Å². The molecule has 1 atom stereocenters. The number of hydrogen-bond donors (Lipinski definition) is 1. The Balaban J connectivity index is 2.28. The topological polar surface area (TPSA) is 90.3 Å². The largest absolute Gasteiger partial charge is 0.352 e. The van der Waals surface area contributed by atoms with Crippen molar-refractivity contribution in [2.45, 2.75) is 24.3 Å². The third-order valence-electron chi connectivity index (χ3n) is 3.24. The quantitative estimate of drug-likeness (QED) is 0.900. The Bertz CT molecular complexity index is 712. The smallest absolute Gasteiger partial charge is 0.244 e. The van der Waals surface area contributed by atoms with Crippen LogP contribution in [0.1, 0.15) is 18.9 Å². The zero-order valence-corrected chi connectivity index (χ0v) is 12.9. The first-order valence-electron chi connectivity index (χ1n) is 6.31. The van der Waals surface area contributed by atoms with Gasteiger partial charge in [0.05, 0.1) is 16.7 Å². The standard InChI is InChI=1S/C13H14ClN3O3S/c1-9(18)16-11-4-5-17(8-11)21(19,20)13-6-10(7-15)2-3-12(13)14/h2-3,6,11H,4-5,8H2,1H3,(H,16,18). The van der Waals surface area contributed by atoms with Crippen molar-refractivity contribution < 1.29 is 13.2 Å². The maximum absolute atomic E-state index is 12.6. The molecule has 1 aromatic rings. The molecule has 0 bridgehead atoms. The highest BCUT2D eigenvalue weighted by atomic mass is 35.5. The second-order valence-corrected chi connectivity index (χ2v) is 7.12. The highest BCUT2D eigenvalue weighted by Gasteiger charge is 2.34. The number of rotatable bonds is 3. The number of nitriles is 1. The first-order valence-corrected chi connectivity index (χ1v) is 8.13. The third-order valence-corrected chi connectivity index (χ3v) is 5.58. The number of carbonyl (C=O) groups is 1. The van der Waals surface area contributed by atoms with Gasteiger partial charge in [-0.25, -0.2) is 8.42 Å². The zero-order valence-electron chi connectivity index (χ0n) is 11.3. The fourth-order valence-corrected chi connectivity index (χ4v) is 4.26. The Kier molecular flexibility index (Phi) is 4.52. The number of nitrogens with one attached hydrogen (secondary N) is 1. The summed E-state index contributed by atoms with van der Waals surface area (Å²) in [5, 5.41) is 11.7. The number of amides is 1. The van der Waals surface area contributed by atoms with Crippen molar-refractivity contribution >= 4 is 27.5 Å². The minimum Gasteiger partial charge on any atom is -0.352 e. The lowest BCUT2D eigenvalue weighted by Gasteiger charge is -2.17. The molecule has 0 saturated carbocycles. The van der Waals surface area contributed by atoms with Crippen LogP contribution in [0.5, 0.6) is 0 Å². The molecule has 0 radical (unpaired) electrons. The summed E-state index contributed by atoms with van der Waals surface area (Å²) in [6.45, 7) is 1.90. The summed E-state index contributed by atoms with van der Waals surface area (Å²) in [6, 6.07) is 5.82. The molecule has 1 aromatic carbocycles. The maximum atomic E-state index is 12.6.